The Hall–Kier alpha value is -1.16. The highest BCUT2D eigenvalue weighted by atomic mass is 79.9. The van der Waals surface area contributed by atoms with Gasteiger partial charge in [-0.1, -0.05) is 6.07 Å². The Balaban J connectivity index is 3.27. The van der Waals surface area contributed by atoms with Gasteiger partial charge in [0.1, 0.15) is 0 Å². The topological polar surface area (TPSA) is 54.4 Å². The lowest BCUT2D eigenvalue weighted by atomic mass is 10.1. The first kappa shape index (κ1) is 9.92. The van der Waals surface area contributed by atoms with Crippen molar-refractivity contribution >= 4 is 27.7 Å². The summed E-state index contributed by atoms with van der Waals surface area (Å²) in [7, 11) is 0. The van der Waals surface area contributed by atoms with Crippen LogP contribution in [-0.4, -0.2) is 16.9 Å². The number of ketones is 1. The van der Waals surface area contributed by atoms with Crippen LogP contribution in [0.4, 0.5) is 0 Å². The predicted octanol–water partition coefficient (Wildman–Crippen LogP) is 2.35. The first-order chi connectivity index (χ1) is 6.02. The van der Waals surface area contributed by atoms with E-state index in [9.17, 15) is 9.59 Å². The molecule has 0 unspecified atom stereocenters. The van der Waals surface area contributed by atoms with Crippen molar-refractivity contribution in [2.75, 3.05) is 0 Å². The minimum Gasteiger partial charge on any atom is -0.478 e. The number of Topliss-reactive ketones (excluding diaryl/α,β-unsaturated/α-hetero) is 1. The van der Waals surface area contributed by atoms with E-state index in [0.29, 0.717) is 10.0 Å². The first-order valence-corrected chi connectivity index (χ1v) is 4.35. The lowest BCUT2D eigenvalue weighted by Crippen LogP contribution is -2.01. The zero-order valence-electron chi connectivity index (χ0n) is 6.87. The van der Waals surface area contributed by atoms with Gasteiger partial charge in [0.25, 0.3) is 0 Å². The van der Waals surface area contributed by atoms with Crippen LogP contribution in [0, 0.1) is 0 Å². The second-order valence-corrected chi connectivity index (χ2v) is 3.41. The van der Waals surface area contributed by atoms with Crippen molar-refractivity contribution in [1.82, 2.24) is 0 Å². The average Bonchev–Trinajstić information content (AvgIpc) is 2.04. The van der Waals surface area contributed by atoms with Gasteiger partial charge in [-0.05, 0) is 35.0 Å². The molecule has 0 saturated carbocycles. The van der Waals surface area contributed by atoms with E-state index < -0.39 is 5.97 Å². The smallest absolute Gasteiger partial charge is 0.336 e. The van der Waals surface area contributed by atoms with Gasteiger partial charge in [0.15, 0.2) is 5.78 Å². The van der Waals surface area contributed by atoms with Gasteiger partial charge in [0, 0.05) is 10.0 Å². The Labute approximate surface area is 83.5 Å². The Kier molecular flexibility index (Phi) is 2.83. The Morgan fingerprint density at radius 3 is 2.46 bits per heavy atom. The fourth-order valence-corrected chi connectivity index (χ4v) is 1.32. The van der Waals surface area contributed by atoms with Crippen molar-refractivity contribution in [2.24, 2.45) is 0 Å². The molecule has 0 bridgehead atoms. The molecular weight excluding hydrogens is 236 g/mol. The summed E-state index contributed by atoms with van der Waals surface area (Å²) in [5, 5.41) is 8.73. The zero-order chi connectivity index (χ0) is 10.0. The normalized spacial score (nSPS) is 9.69. The van der Waals surface area contributed by atoms with Gasteiger partial charge in [-0.3, -0.25) is 4.79 Å². The quantitative estimate of drug-likeness (QED) is 0.811. The average molecular weight is 243 g/mol. The van der Waals surface area contributed by atoms with E-state index in [1.807, 2.05) is 0 Å². The largest absolute Gasteiger partial charge is 0.478 e. The van der Waals surface area contributed by atoms with Crippen LogP contribution in [0.15, 0.2) is 22.7 Å². The second kappa shape index (κ2) is 3.70. The molecule has 0 aliphatic carbocycles. The molecule has 13 heavy (non-hydrogen) atoms. The maximum Gasteiger partial charge on any atom is 0.336 e. The SMILES string of the molecule is CC(=O)c1ccc(Br)c(C(=O)O)c1. The Bertz CT molecular complexity index is 371. The summed E-state index contributed by atoms with van der Waals surface area (Å²) < 4.78 is 0.477. The molecule has 4 heteroatoms. The minimum atomic E-state index is -1.05. The summed E-state index contributed by atoms with van der Waals surface area (Å²) >= 11 is 3.09. The maximum atomic E-state index is 10.9. The number of hydrogen-bond donors (Lipinski definition) is 1. The molecule has 0 radical (unpaired) electrons. The molecule has 1 rings (SSSR count). The van der Waals surface area contributed by atoms with Gasteiger partial charge in [-0.25, -0.2) is 4.79 Å². The molecule has 0 atom stereocenters. The summed E-state index contributed by atoms with van der Waals surface area (Å²) in [5.74, 6) is -1.19. The van der Waals surface area contributed by atoms with E-state index in [1.54, 1.807) is 12.1 Å². The maximum absolute atomic E-state index is 10.9. The standard InChI is InChI=1S/C9H7BrO3/c1-5(11)6-2-3-8(10)7(4-6)9(12)13/h2-4H,1H3,(H,12,13). The van der Waals surface area contributed by atoms with Crippen molar-refractivity contribution in [3.05, 3.63) is 33.8 Å². The van der Waals surface area contributed by atoms with Crippen molar-refractivity contribution in [3.63, 3.8) is 0 Å². The number of benzene rings is 1. The number of rotatable bonds is 2. The second-order valence-electron chi connectivity index (χ2n) is 2.56. The van der Waals surface area contributed by atoms with Gasteiger partial charge >= 0.3 is 5.97 Å². The third-order valence-corrected chi connectivity index (χ3v) is 2.29. The van der Waals surface area contributed by atoms with Crippen molar-refractivity contribution in [1.29, 1.82) is 0 Å². The number of halogens is 1. The van der Waals surface area contributed by atoms with Gasteiger partial charge in [-0.2, -0.15) is 0 Å². The highest BCUT2D eigenvalue weighted by molar-refractivity contribution is 9.10. The van der Waals surface area contributed by atoms with Gasteiger partial charge in [-0.15, -0.1) is 0 Å². The lowest BCUT2D eigenvalue weighted by Gasteiger charge is -2.00. The third kappa shape index (κ3) is 2.15. The van der Waals surface area contributed by atoms with Crippen LogP contribution in [0.3, 0.4) is 0 Å². The molecule has 3 nitrogen and oxygen atoms in total. The summed E-state index contributed by atoms with van der Waals surface area (Å²) in [6, 6.07) is 4.49. The molecule has 1 aromatic rings. The lowest BCUT2D eigenvalue weighted by molar-refractivity contribution is 0.0696. The predicted molar refractivity (Wildman–Crippen MR) is 51.1 cm³/mol. The molecule has 0 saturated heterocycles. The van der Waals surface area contributed by atoms with E-state index in [-0.39, 0.29) is 11.3 Å². The van der Waals surface area contributed by atoms with E-state index in [1.165, 1.54) is 13.0 Å². The molecule has 0 aliphatic rings. The van der Waals surface area contributed by atoms with Gasteiger partial charge in [0.2, 0.25) is 0 Å². The number of carbonyl (C=O) groups is 2. The number of aromatic carboxylic acids is 1. The monoisotopic (exact) mass is 242 g/mol. The van der Waals surface area contributed by atoms with Crippen LogP contribution >= 0.6 is 15.9 Å². The summed E-state index contributed by atoms with van der Waals surface area (Å²) in [6.45, 7) is 1.40. The van der Waals surface area contributed by atoms with E-state index in [0.717, 1.165) is 0 Å². The molecule has 0 heterocycles. The molecule has 1 aromatic carbocycles. The number of carbonyl (C=O) groups excluding carboxylic acids is 1. The number of hydrogen-bond acceptors (Lipinski definition) is 2. The van der Waals surface area contributed by atoms with Crippen molar-refractivity contribution < 1.29 is 14.7 Å². The molecule has 1 N–H and O–H groups in total. The summed E-state index contributed by atoms with van der Waals surface area (Å²) in [5.41, 5.74) is 0.508. The molecule has 0 aliphatic heterocycles. The highest BCUT2D eigenvalue weighted by Gasteiger charge is 2.10. The molecule has 0 aromatic heterocycles. The Morgan fingerprint density at radius 2 is 2.00 bits per heavy atom. The van der Waals surface area contributed by atoms with Crippen LogP contribution in [0.2, 0.25) is 0 Å². The van der Waals surface area contributed by atoms with Crippen LogP contribution in [-0.2, 0) is 0 Å². The minimum absolute atomic E-state index is 0.104. The molecule has 0 fully saturated rings. The van der Waals surface area contributed by atoms with Gasteiger partial charge < -0.3 is 5.11 Å². The summed E-state index contributed by atoms with van der Waals surface area (Å²) in [4.78, 5) is 21.6. The third-order valence-electron chi connectivity index (χ3n) is 1.60. The van der Waals surface area contributed by atoms with Crippen LogP contribution in [0.5, 0.6) is 0 Å². The van der Waals surface area contributed by atoms with E-state index in [2.05, 4.69) is 15.9 Å². The van der Waals surface area contributed by atoms with Crippen LogP contribution in [0.25, 0.3) is 0 Å². The first-order valence-electron chi connectivity index (χ1n) is 3.56. The number of carboxylic acid groups (broad SMARTS) is 1. The Morgan fingerprint density at radius 1 is 1.38 bits per heavy atom. The molecule has 0 spiro atoms. The van der Waals surface area contributed by atoms with Gasteiger partial charge in [0.05, 0.1) is 5.56 Å². The fourth-order valence-electron chi connectivity index (χ4n) is 0.908. The van der Waals surface area contributed by atoms with Crippen LogP contribution in [0.1, 0.15) is 27.6 Å². The molecular formula is C9H7BrO3. The number of carboxylic acids is 1. The van der Waals surface area contributed by atoms with Crippen LogP contribution < -0.4 is 0 Å². The molecule has 68 valence electrons. The highest BCUT2D eigenvalue weighted by Crippen LogP contribution is 2.18. The molecule has 0 amide bonds. The van der Waals surface area contributed by atoms with Crippen molar-refractivity contribution in [2.45, 2.75) is 6.92 Å². The van der Waals surface area contributed by atoms with E-state index >= 15 is 0 Å². The van der Waals surface area contributed by atoms with E-state index in [4.69, 9.17) is 5.11 Å². The summed E-state index contributed by atoms with van der Waals surface area (Å²) in [6.07, 6.45) is 0. The van der Waals surface area contributed by atoms with Crippen molar-refractivity contribution in [3.8, 4) is 0 Å². The zero-order valence-corrected chi connectivity index (χ0v) is 8.46. The fraction of sp³-hybridized carbons (Fsp3) is 0.111.